The molecule has 0 spiro atoms. The highest BCUT2D eigenvalue weighted by molar-refractivity contribution is 5.56. The standard InChI is InChI=1S/C7H11O3/c1-3-4-5-6(2)10-7(8)9/h3-4,6H,5H2,1-2H3/b4-3+. The molecular weight excluding hydrogens is 132 g/mol. The summed E-state index contributed by atoms with van der Waals surface area (Å²) in [5.74, 6) is 0. The van der Waals surface area contributed by atoms with Crippen molar-refractivity contribution in [3.63, 3.8) is 0 Å². The van der Waals surface area contributed by atoms with Crippen molar-refractivity contribution in [1.82, 2.24) is 0 Å². The molecule has 0 saturated carbocycles. The Labute approximate surface area is 60.3 Å². The third-order valence-electron chi connectivity index (χ3n) is 1.00. The molecule has 0 fully saturated rings. The van der Waals surface area contributed by atoms with E-state index in [9.17, 15) is 9.90 Å². The molecule has 1 atom stereocenters. The van der Waals surface area contributed by atoms with Gasteiger partial charge in [-0.2, -0.15) is 9.90 Å². The van der Waals surface area contributed by atoms with E-state index in [4.69, 9.17) is 0 Å². The monoisotopic (exact) mass is 143 g/mol. The molecule has 0 aromatic carbocycles. The van der Waals surface area contributed by atoms with Crippen LogP contribution >= 0.6 is 0 Å². The lowest BCUT2D eigenvalue weighted by atomic mass is 10.3. The van der Waals surface area contributed by atoms with Crippen LogP contribution in [-0.2, 0) is 9.84 Å². The Balaban J connectivity index is 3.43. The Bertz CT molecular complexity index is 129. The molecule has 0 aliphatic heterocycles. The van der Waals surface area contributed by atoms with E-state index >= 15 is 0 Å². The van der Waals surface area contributed by atoms with Gasteiger partial charge in [0.1, 0.15) is 6.10 Å². The van der Waals surface area contributed by atoms with Crippen LogP contribution in [0.1, 0.15) is 20.3 Å². The summed E-state index contributed by atoms with van der Waals surface area (Å²) >= 11 is 0. The van der Waals surface area contributed by atoms with Crippen LogP contribution in [0.4, 0.5) is 4.79 Å². The minimum absolute atomic E-state index is 0.304. The van der Waals surface area contributed by atoms with Gasteiger partial charge in [0.05, 0.1) is 0 Å². The maximum Gasteiger partial charge on any atom is 0.550 e. The Morgan fingerprint density at radius 3 is 2.70 bits per heavy atom. The van der Waals surface area contributed by atoms with Gasteiger partial charge in [-0.25, -0.2) is 0 Å². The minimum atomic E-state index is -1.46. The zero-order valence-corrected chi connectivity index (χ0v) is 6.16. The highest BCUT2D eigenvalue weighted by Gasteiger charge is 2.05. The molecule has 10 heavy (non-hydrogen) atoms. The van der Waals surface area contributed by atoms with E-state index in [-0.39, 0.29) is 6.10 Å². The van der Waals surface area contributed by atoms with Gasteiger partial charge in [0, 0.05) is 6.42 Å². The summed E-state index contributed by atoms with van der Waals surface area (Å²) in [6.07, 6.45) is 2.52. The normalized spacial score (nSPS) is 13.4. The number of allylic oxidation sites excluding steroid dienone is 1. The van der Waals surface area contributed by atoms with Crippen LogP contribution in [0.3, 0.4) is 0 Å². The summed E-state index contributed by atoms with van der Waals surface area (Å²) in [5, 5.41) is 9.82. The highest BCUT2D eigenvalue weighted by Crippen LogP contribution is 1.98. The Morgan fingerprint density at radius 1 is 1.70 bits per heavy atom. The van der Waals surface area contributed by atoms with Crippen molar-refractivity contribution >= 4 is 6.16 Å². The predicted molar refractivity (Wildman–Crippen MR) is 36.1 cm³/mol. The smallest absolute Gasteiger partial charge is 0.428 e. The summed E-state index contributed by atoms with van der Waals surface area (Å²) in [6, 6.07) is 0. The predicted octanol–water partition coefficient (Wildman–Crippen LogP) is 1.91. The summed E-state index contributed by atoms with van der Waals surface area (Å²) in [7, 11) is 0. The molecule has 0 aromatic heterocycles. The fourth-order valence-corrected chi connectivity index (χ4v) is 0.540. The van der Waals surface area contributed by atoms with Gasteiger partial charge in [-0.05, 0) is 13.8 Å². The van der Waals surface area contributed by atoms with E-state index in [0.717, 1.165) is 0 Å². The average Bonchev–Trinajstić information content (AvgIpc) is 1.82. The first-order valence-corrected chi connectivity index (χ1v) is 3.15. The number of carbonyl (C=O) groups excluding carboxylic acids is 1. The zero-order valence-electron chi connectivity index (χ0n) is 6.16. The van der Waals surface area contributed by atoms with Crippen molar-refractivity contribution in [2.75, 3.05) is 0 Å². The van der Waals surface area contributed by atoms with Gasteiger partial charge >= 0.3 is 6.16 Å². The van der Waals surface area contributed by atoms with Gasteiger partial charge in [0.2, 0.25) is 0 Å². The quantitative estimate of drug-likeness (QED) is 0.447. The molecule has 57 valence electrons. The second-order valence-corrected chi connectivity index (χ2v) is 1.98. The lowest BCUT2D eigenvalue weighted by Crippen LogP contribution is -2.10. The first kappa shape index (κ1) is 9.01. The third-order valence-corrected chi connectivity index (χ3v) is 1.00. The molecule has 0 aliphatic carbocycles. The summed E-state index contributed by atoms with van der Waals surface area (Å²) < 4.78 is 4.31. The van der Waals surface area contributed by atoms with E-state index in [1.165, 1.54) is 0 Å². The Hall–Kier alpha value is -0.990. The molecule has 0 aliphatic rings. The average molecular weight is 143 g/mol. The van der Waals surface area contributed by atoms with Gasteiger partial charge in [-0.15, -0.1) is 0 Å². The number of hydrogen-bond acceptors (Lipinski definition) is 2. The maximum atomic E-state index is 9.82. The van der Waals surface area contributed by atoms with E-state index in [2.05, 4.69) is 4.74 Å². The van der Waals surface area contributed by atoms with Crippen molar-refractivity contribution < 1.29 is 14.6 Å². The number of ether oxygens (including phenoxy) is 1. The number of hydrogen-bond donors (Lipinski definition) is 0. The van der Waals surface area contributed by atoms with Gasteiger partial charge in [-0.1, -0.05) is 12.2 Å². The third kappa shape index (κ3) is 5.15. The van der Waals surface area contributed by atoms with E-state index in [1.54, 1.807) is 6.92 Å². The second kappa shape index (κ2) is 4.85. The van der Waals surface area contributed by atoms with E-state index in [0.29, 0.717) is 6.42 Å². The van der Waals surface area contributed by atoms with Gasteiger partial charge < -0.3 is 4.74 Å². The molecule has 1 radical (unpaired) electrons. The molecule has 1 unspecified atom stereocenters. The van der Waals surface area contributed by atoms with E-state index in [1.807, 2.05) is 19.1 Å². The van der Waals surface area contributed by atoms with Crippen molar-refractivity contribution in [2.24, 2.45) is 0 Å². The second-order valence-electron chi connectivity index (χ2n) is 1.98. The van der Waals surface area contributed by atoms with Crippen LogP contribution in [-0.4, -0.2) is 12.3 Å². The van der Waals surface area contributed by atoms with Crippen molar-refractivity contribution in [3.05, 3.63) is 12.2 Å². The van der Waals surface area contributed by atoms with Crippen LogP contribution in [0.15, 0.2) is 12.2 Å². The van der Waals surface area contributed by atoms with Crippen LogP contribution in [0.5, 0.6) is 0 Å². The number of rotatable bonds is 3. The van der Waals surface area contributed by atoms with Crippen molar-refractivity contribution in [1.29, 1.82) is 0 Å². The molecule has 3 heteroatoms. The topological polar surface area (TPSA) is 46.2 Å². The summed E-state index contributed by atoms with van der Waals surface area (Å²) in [5.41, 5.74) is 0. The van der Waals surface area contributed by atoms with E-state index < -0.39 is 6.16 Å². The first-order chi connectivity index (χ1) is 4.66. The molecule has 0 heterocycles. The molecule has 3 nitrogen and oxygen atoms in total. The lowest BCUT2D eigenvalue weighted by Gasteiger charge is -2.04. The molecule has 0 bridgehead atoms. The fourth-order valence-electron chi connectivity index (χ4n) is 0.540. The summed E-state index contributed by atoms with van der Waals surface area (Å²) in [4.78, 5) is 9.82. The molecule has 0 amide bonds. The molecular formula is C7H11O3. The van der Waals surface area contributed by atoms with Gasteiger partial charge in [0.15, 0.2) is 0 Å². The van der Waals surface area contributed by atoms with Crippen LogP contribution < -0.4 is 0 Å². The molecule has 0 saturated heterocycles. The molecule has 0 aromatic rings. The maximum absolute atomic E-state index is 9.82. The minimum Gasteiger partial charge on any atom is -0.428 e. The largest absolute Gasteiger partial charge is 0.550 e. The molecule has 0 rings (SSSR count). The number of carbonyl (C=O) groups is 1. The Kier molecular flexibility index (Phi) is 4.37. The lowest BCUT2D eigenvalue weighted by molar-refractivity contribution is 0.0396. The fraction of sp³-hybridized carbons (Fsp3) is 0.571. The van der Waals surface area contributed by atoms with Crippen molar-refractivity contribution in [3.8, 4) is 0 Å². The highest BCUT2D eigenvalue weighted by atomic mass is 16.7. The summed E-state index contributed by atoms with van der Waals surface area (Å²) in [6.45, 7) is 3.54. The van der Waals surface area contributed by atoms with Gasteiger partial charge in [-0.3, -0.25) is 0 Å². The first-order valence-electron chi connectivity index (χ1n) is 3.15. The van der Waals surface area contributed by atoms with Crippen LogP contribution in [0.2, 0.25) is 0 Å². The van der Waals surface area contributed by atoms with Crippen molar-refractivity contribution in [2.45, 2.75) is 26.4 Å². The van der Waals surface area contributed by atoms with Gasteiger partial charge in [0.25, 0.3) is 0 Å². The zero-order chi connectivity index (χ0) is 7.98. The Morgan fingerprint density at radius 2 is 2.30 bits per heavy atom. The SMILES string of the molecule is C/C=C/CC(C)OC([O])=O. The van der Waals surface area contributed by atoms with Crippen LogP contribution in [0, 0.1) is 0 Å². The molecule has 0 N–H and O–H groups in total. The van der Waals surface area contributed by atoms with Crippen LogP contribution in [0.25, 0.3) is 0 Å².